The standard InChI is InChI=1S/C24H15N/c1-2-7-21-17-18(9-11-19(21)5-1)10-13-22-15-16-23-14-12-20-6-3-4-8-24(20)25(22)23/h1-9,11-12,14-17H. The fourth-order valence-electron chi connectivity index (χ4n) is 3.36. The number of hydrogen-bond donors (Lipinski definition) is 0. The Balaban J connectivity index is 1.67. The second kappa shape index (κ2) is 5.54. The molecule has 0 aliphatic heterocycles. The van der Waals surface area contributed by atoms with Crippen LogP contribution in [0.3, 0.4) is 0 Å². The number of hydrogen-bond acceptors (Lipinski definition) is 0. The Hall–Kier alpha value is -3.50. The predicted molar refractivity (Wildman–Crippen MR) is 105 cm³/mol. The summed E-state index contributed by atoms with van der Waals surface area (Å²) in [6, 6.07) is 31.7. The van der Waals surface area contributed by atoms with Crippen LogP contribution in [0.2, 0.25) is 0 Å². The van der Waals surface area contributed by atoms with E-state index < -0.39 is 0 Å². The molecule has 0 aliphatic carbocycles. The van der Waals surface area contributed by atoms with Gasteiger partial charge in [-0.05, 0) is 58.5 Å². The number of benzene rings is 3. The summed E-state index contributed by atoms with van der Waals surface area (Å²) in [5, 5.41) is 3.69. The average molecular weight is 317 g/mol. The summed E-state index contributed by atoms with van der Waals surface area (Å²) in [6.07, 6.45) is 0. The number of para-hydroxylation sites is 1. The molecular weight excluding hydrogens is 302 g/mol. The highest BCUT2D eigenvalue weighted by atomic mass is 14.9. The van der Waals surface area contributed by atoms with Gasteiger partial charge in [0.15, 0.2) is 0 Å². The second-order valence-corrected chi connectivity index (χ2v) is 6.18. The zero-order valence-electron chi connectivity index (χ0n) is 13.6. The van der Waals surface area contributed by atoms with Crippen LogP contribution >= 0.6 is 0 Å². The van der Waals surface area contributed by atoms with Crippen molar-refractivity contribution in [2.24, 2.45) is 0 Å². The highest BCUT2D eigenvalue weighted by Gasteiger charge is 2.03. The molecule has 0 saturated heterocycles. The van der Waals surface area contributed by atoms with Gasteiger partial charge < -0.3 is 4.40 Å². The van der Waals surface area contributed by atoms with Gasteiger partial charge in [-0.3, -0.25) is 0 Å². The second-order valence-electron chi connectivity index (χ2n) is 6.18. The summed E-state index contributed by atoms with van der Waals surface area (Å²) >= 11 is 0. The number of aromatic nitrogens is 1. The van der Waals surface area contributed by atoms with Crippen LogP contribution in [0.15, 0.2) is 91.0 Å². The van der Waals surface area contributed by atoms with E-state index >= 15 is 0 Å². The van der Waals surface area contributed by atoms with Crippen LogP contribution in [0.25, 0.3) is 27.2 Å². The molecule has 2 heterocycles. The van der Waals surface area contributed by atoms with Crippen molar-refractivity contribution in [2.75, 3.05) is 0 Å². The first-order chi connectivity index (χ1) is 12.4. The highest BCUT2D eigenvalue weighted by Crippen LogP contribution is 2.20. The monoisotopic (exact) mass is 317 g/mol. The van der Waals surface area contributed by atoms with E-state index in [2.05, 4.69) is 107 Å². The van der Waals surface area contributed by atoms with Crippen molar-refractivity contribution in [1.29, 1.82) is 0 Å². The molecule has 5 rings (SSSR count). The molecule has 3 aromatic carbocycles. The third kappa shape index (κ3) is 2.36. The number of rotatable bonds is 0. The van der Waals surface area contributed by atoms with Gasteiger partial charge in [-0.15, -0.1) is 0 Å². The van der Waals surface area contributed by atoms with Gasteiger partial charge in [0.1, 0.15) is 0 Å². The normalized spacial score (nSPS) is 10.9. The molecule has 1 nitrogen and oxygen atoms in total. The maximum Gasteiger partial charge on any atom is 0.0974 e. The van der Waals surface area contributed by atoms with Crippen LogP contribution in [0.5, 0.6) is 0 Å². The minimum Gasteiger partial charge on any atom is -0.303 e. The molecule has 0 unspecified atom stereocenters. The van der Waals surface area contributed by atoms with Crippen molar-refractivity contribution >= 4 is 27.2 Å². The van der Waals surface area contributed by atoms with E-state index in [-0.39, 0.29) is 0 Å². The van der Waals surface area contributed by atoms with Crippen molar-refractivity contribution in [3.05, 3.63) is 102 Å². The third-order valence-electron chi connectivity index (χ3n) is 4.61. The average Bonchev–Trinajstić information content (AvgIpc) is 3.10. The lowest BCUT2D eigenvalue weighted by Crippen LogP contribution is -1.90. The van der Waals surface area contributed by atoms with Gasteiger partial charge in [-0.2, -0.15) is 0 Å². The van der Waals surface area contributed by atoms with E-state index in [1.165, 1.54) is 27.2 Å². The van der Waals surface area contributed by atoms with Gasteiger partial charge in [-0.1, -0.05) is 60.5 Å². The minimum atomic E-state index is 1.01. The van der Waals surface area contributed by atoms with E-state index in [0.717, 1.165) is 11.3 Å². The van der Waals surface area contributed by atoms with Gasteiger partial charge in [0.2, 0.25) is 0 Å². The van der Waals surface area contributed by atoms with E-state index in [9.17, 15) is 0 Å². The first-order valence-electron chi connectivity index (χ1n) is 8.38. The summed E-state index contributed by atoms with van der Waals surface area (Å²) in [5.74, 6) is 6.68. The van der Waals surface area contributed by atoms with E-state index in [1.54, 1.807) is 0 Å². The zero-order valence-corrected chi connectivity index (χ0v) is 13.6. The van der Waals surface area contributed by atoms with Crippen LogP contribution in [0.1, 0.15) is 11.3 Å². The molecular formula is C24H15N. The van der Waals surface area contributed by atoms with Gasteiger partial charge in [0, 0.05) is 11.1 Å². The first kappa shape index (κ1) is 13.9. The lowest BCUT2D eigenvalue weighted by molar-refractivity contribution is 1.24. The Morgan fingerprint density at radius 3 is 2.20 bits per heavy atom. The molecule has 2 aromatic heterocycles. The summed E-state index contributed by atoms with van der Waals surface area (Å²) in [5.41, 5.74) is 4.41. The molecule has 25 heavy (non-hydrogen) atoms. The number of fused-ring (bicyclic) bond motifs is 4. The fourth-order valence-corrected chi connectivity index (χ4v) is 3.36. The van der Waals surface area contributed by atoms with Crippen LogP contribution in [0.4, 0.5) is 0 Å². The molecule has 0 radical (unpaired) electrons. The van der Waals surface area contributed by atoms with E-state index in [4.69, 9.17) is 0 Å². The predicted octanol–water partition coefficient (Wildman–Crippen LogP) is 5.65. The molecule has 116 valence electrons. The molecule has 5 aromatic rings. The SMILES string of the molecule is C(#Cc1ccc2ccc3ccccc3n12)c1ccc2ccccc2c1. The minimum absolute atomic E-state index is 1.01. The fraction of sp³-hybridized carbons (Fsp3) is 0. The molecule has 0 saturated carbocycles. The summed E-state index contributed by atoms with van der Waals surface area (Å²) in [6.45, 7) is 0. The van der Waals surface area contributed by atoms with Crippen LogP contribution in [-0.2, 0) is 0 Å². The van der Waals surface area contributed by atoms with Crippen LogP contribution in [0, 0.1) is 11.8 Å². The molecule has 0 aliphatic rings. The van der Waals surface area contributed by atoms with Crippen molar-refractivity contribution in [1.82, 2.24) is 4.40 Å². The van der Waals surface area contributed by atoms with E-state index in [0.29, 0.717) is 0 Å². The molecule has 0 bridgehead atoms. The van der Waals surface area contributed by atoms with E-state index in [1.807, 2.05) is 0 Å². The molecule has 0 fully saturated rings. The van der Waals surface area contributed by atoms with Gasteiger partial charge in [0.05, 0.1) is 11.2 Å². The topological polar surface area (TPSA) is 4.41 Å². The Morgan fingerprint density at radius 1 is 0.560 bits per heavy atom. The largest absolute Gasteiger partial charge is 0.303 e. The summed E-state index contributed by atoms with van der Waals surface area (Å²) < 4.78 is 2.23. The van der Waals surface area contributed by atoms with Crippen LogP contribution in [-0.4, -0.2) is 4.40 Å². The Bertz CT molecular complexity index is 1300. The lowest BCUT2D eigenvalue weighted by Gasteiger charge is -2.04. The molecule has 0 atom stereocenters. The maximum atomic E-state index is 3.35. The number of pyridine rings is 1. The van der Waals surface area contributed by atoms with Crippen molar-refractivity contribution < 1.29 is 0 Å². The molecule has 0 amide bonds. The first-order valence-corrected chi connectivity index (χ1v) is 8.38. The summed E-state index contributed by atoms with van der Waals surface area (Å²) in [7, 11) is 0. The number of nitrogens with zero attached hydrogens (tertiary/aromatic N) is 1. The Morgan fingerprint density at radius 2 is 1.28 bits per heavy atom. The molecule has 1 heteroatoms. The Labute approximate surface area is 146 Å². The van der Waals surface area contributed by atoms with Gasteiger partial charge in [0.25, 0.3) is 0 Å². The van der Waals surface area contributed by atoms with Crippen molar-refractivity contribution in [2.45, 2.75) is 0 Å². The Kier molecular flexibility index (Phi) is 3.08. The molecule has 0 N–H and O–H groups in total. The van der Waals surface area contributed by atoms with Crippen molar-refractivity contribution in [3.63, 3.8) is 0 Å². The van der Waals surface area contributed by atoms with Gasteiger partial charge in [-0.25, -0.2) is 0 Å². The third-order valence-corrected chi connectivity index (χ3v) is 4.61. The van der Waals surface area contributed by atoms with Gasteiger partial charge >= 0.3 is 0 Å². The van der Waals surface area contributed by atoms with Crippen molar-refractivity contribution in [3.8, 4) is 11.8 Å². The summed E-state index contributed by atoms with van der Waals surface area (Å²) in [4.78, 5) is 0. The smallest absolute Gasteiger partial charge is 0.0974 e. The lowest BCUT2D eigenvalue weighted by atomic mass is 10.1. The highest BCUT2D eigenvalue weighted by molar-refractivity contribution is 5.85. The van der Waals surface area contributed by atoms with Crippen LogP contribution < -0.4 is 0 Å². The zero-order chi connectivity index (χ0) is 16.6. The maximum absolute atomic E-state index is 3.35. The molecule has 0 spiro atoms. The quantitative estimate of drug-likeness (QED) is 0.325.